The van der Waals surface area contributed by atoms with E-state index < -0.39 is 16.0 Å². The van der Waals surface area contributed by atoms with E-state index >= 15 is 0 Å². The van der Waals surface area contributed by atoms with Crippen molar-refractivity contribution in [2.24, 2.45) is 0 Å². The third-order valence-corrected chi connectivity index (χ3v) is 6.43. The predicted octanol–water partition coefficient (Wildman–Crippen LogP) is 3.30. The van der Waals surface area contributed by atoms with Gasteiger partial charge in [0.1, 0.15) is 5.82 Å². The number of benzene rings is 1. The highest BCUT2D eigenvalue weighted by molar-refractivity contribution is 7.89. The number of rotatable bonds is 11. The molecule has 2 aliphatic heterocycles. The summed E-state index contributed by atoms with van der Waals surface area (Å²) in [5.74, 6) is -1.32. The SMILES string of the molecule is O=C(O)CCCC=CCC1=C(NS(=O)(=O)CCc2cccc(F)c2)C2CCC1O2. The molecule has 1 saturated heterocycles. The Morgan fingerprint density at radius 2 is 2.07 bits per heavy atom. The molecule has 29 heavy (non-hydrogen) atoms. The summed E-state index contributed by atoms with van der Waals surface area (Å²) in [6, 6.07) is 5.95. The number of hydrogen-bond acceptors (Lipinski definition) is 4. The highest BCUT2D eigenvalue weighted by Gasteiger charge is 2.41. The van der Waals surface area contributed by atoms with Crippen LogP contribution >= 0.6 is 0 Å². The van der Waals surface area contributed by atoms with Crippen molar-refractivity contribution in [1.29, 1.82) is 0 Å². The van der Waals surface area contributed by atoms with Crippen molar-refractivity contribution >= 4 is 16.0 Å². The zero-order valence-electron chi connectivity index (χ0n) is 16.1. The zero-order chi connectivity index (χ0) is 20.9. The van der Waals surface area contributed by atoms with Gasteiger partial charge >= 0.3 is 5.97 Å². The quantitative estimate of drug-likeness (QED) is 0.421. The molecule has 3 rings (SSSR count). The molecule has 6 nitrogen and oxygen atoms in total. The zero-order valence-corrected chi connectivity index (χ0v) is 17.0. The minimum absolute atomic E-state index is 0.0652. The molecule has 2 unspecified atom stereocenters. The summed E-state index contributed by atoms with van der Waals surface area (Å²) in [6.45, 7) is 0. The van der Waals surface area contributed by atoms with E-state index in [-0.39, 0.29) is 36.6 Å². The second-order valence-electron chi connectivity index (χ2n) is 7.39. The Morgan fingerprint density at radius 3 is 2.83 bits per heavy atom. The third-order valence-electron chi connectivity index (χ3n) is 5.16. The third kappa shape index (κ3) is 6.14. The fraction of sp³-hybridized carbons (Fsp3) is 0.476. The normalized spacial score (nSPS) is 21.3. The lowest BCUT2D eigenvalue weighted by Crippen LogP contribution is -2.32. The number of aliphatic carboxylic acids is 1. The van der Waals surface area contributed by atoms with Crippen molar-refractivity contribution in [3.63, 3.8) is 0 Å². The van der Waals surface area contributed by atoms with Crippen molar-refractivity contribution in [2.45, 2.75) is 57.2 Å². The molecule has 0 spiro atoms. The van der Waals surface area contributed by atoms with Crippen LogP contribution in [-0.2, 0) is 26.0 Å². The first-order valence-electron chi connectivity index (χ1n) is 9.84. The second-order valence-corrected chi connectivity index (χ2v) is 9.23. The van der Waals surface area contributed by atoms with Gasteiger partial charge in [0.15, 0.2) is 0 Å². The first-order valence-corrected chi connectivity index (χ1v) is 11.5. The van der Waals surface area contributed by atoms with Crippen LogP contribution in [0.25, 0.3) is 0 Å². The number of carbonyl (C=O) groups is 1. The van der Waals surface area contributed by atoms with Gasteiger partial charge in [0.05, 0.1) is 23.7 Å². The number of halogens is 1. The molecule has 1 aromatic rings. The predicted molar refractivity (Wildman–Crippen MR) is 107 cm³/mol. The lowest BCUT2D eigenvalue weighted by atomic mass is 9.94. The molecule has 0 amide bonds. The van der Waals surface area contributed by atoms with E-state index in [2.05, 4.69) is 4.72 Å². The van der Waals surface area contributed by atoms with E-state index in [1.165, 1.54) is 12.1 Å². The molecule has 8 heteroatoms. The van der Waals surface area contributed by atoms with Gasteiger partial charge in [-0.15, -0.1) is 0 Å². The number of aryl methyl sites for hydroxylation is 1. The Balaban J connectivity index is 1.60. The number of ether oxygens (including phenoxy) is 1. The molecular formula is C21H26FNO5S. The van der Waals surface area contributed by atoms with Gasteiger partial charge < -0.3 is 9.84 Å². The van der Waals surface area contributed by atoms with Gasteiger partial charge in [-0.2, -0.15) is 0 Å². The first kappa shape index (κ1) is 21.5. The highest BCUT2D eigenvalue weighted by atomic mass is 32.2. The molecule has 0 saturated carbocycles. The molecule has 158 valence electrons. The summed E-state index contributed by atoms with van der Waals surface area (Å²) in [4.78, 5) is 10.5. The summed E-state index contributed by atoms with van der Waals surface area (Å²) in [5, 5.41) is 8.66. The molecule has 0 aliphatic carbocycles. The van der Waals surface area contributed by atoms with E-state index in [1.54, 1.807) is 12.1 Å². The fourth-order valence-corrected chi connectivity index (χ4v) is 4.93. The topological polar surface area (TPSA) is 92.7 Å². The van der Waals surface area contributed by atoms with Crippen LogP contribution in [-0.4, -0.2) is 37.5 Å². The molecule has 0 aromatic heterocycles. The monoisotopic (exact) mass is 423 g/mol. The van der Waals surface area contributed by atoms with Crippen LogP contribution in [0.1, 0.15) is 44.1 Å². The van der Waals surface area contributed by atoms with Crippen molar-refractivity contribution < 1.29 is 27.4 Å². The molecule has 0 radical (unpaired) electrons. The standard InChI is InChI=1S/C21H26FNO5S/c22-16-7-5-6-15(14-16)12-13-29(26,27)23-21-17(18-10-11-19(21)28-18)8-3-1-2-4-9-20(24)25/h1,3,5-7,14,18-19,23H,2,4,8-13H2,(H,24,25). The van der Waals surface area contributed by atoms with Crippen LogP contribution < -0.4 is 4.72 Å². The molecule has 2 bridgehead atoms. The van der Waals surface area contributed by atoms with Crippen LogP contribution in [0, 0.1) is 5.82 Å². The Bertz CT molecular complexity index is 909. The minimum Gasteiger partial charge on any atom is -0.481 e. The largest absolute Gasteiger partial charge is 0.481 e. The molecule has 2 atom stereocenters. The van der Waals surface area contributed by atoms with Crippen molar-refractivity contribution in [1.82, 2.24) is 4.72 Å². The Labute approximate surface area is 170 Å². The van der Waals surface area contributed by atoms with Crippen LogP contribution in [0.4, 0.5) is 4.39 Å². The maximum Gasteiger partial charge on any atom is 0.303 e. The maximum absolute atomic E-state index is 13.3. The number of sulfonamides is 1. The average molecular weight is 424 g/mol. The summed E-state index contributed by atoms with van der Waals surface area (Å²) in [7, 11) is -3.58. The van der Waals surface area contributed by atoms with Gasteiger partial charge in [-0.05, 0) is 61.8 Å². The Morgan fingerprint density at radius 1 is 1.28 bits per heavy atom. The summed E-state index contributed by atoms with van der Waals surface area (Å²) in [5.41, 5.74) is 2.22. The van der Waals surface area contributed by atoms with E-state index in [1.807, 2.05) is 12.2 Å². The van der Waals surface area contributed by atoms with Gasteiger partial charge in [-0.3, -0.25) is 9.52 Å². The maximum atomic E-state index is 13.3. The van der Waals surface area contributed by atoms with Crippen molar-refractivity contribution in [2.75, 3.05) is 5.75 Å². The molecule has 1 aromatic carbocycles. The summed E-state index contributed by atoms with van der Waals surface area (Å²) >= 11 is 0. The molecule has 1 fully saturated rings. The van der Waals surface area contributed by atoms with Crippen LogP contribution in [0.2, 0.25) is 0 Å². The van der Waals surface area contributed by atoms with Crippen molar-refractivity contribution in [3.05, 3.63) is 59.1 Å². The number of carboxylic acids is 1. The average Bonchev–Trinajstić information content (AvgIpc) is 3.25. The summed E-state index contributed by atoms with van der Waals surface area (Å²) < 4.78 is 47.0. The number of fused-ring (bicyclic) bond motifs is 2. The first-order chi connectivity index (χ1) is 13.8. The van der Waals surface area contributed by atoms with Crippen LogP contribution in [0.5, 0.6) is 0 Å². The van der Waals surface area contributed by atoms with Gasteiger partial charge in [-0.1, -0.05) is 24.3 Å². The van der Waals surface area contributed by atoms with Gasteiger partial charge in [0.2, 0.25) is 10.0 Å². The molecule has 2 aliphatic rings. The van der Waals surface area contributed by atoms with Crippen molar-refractivity contribution in [3.8, 4) is 0 Å². The van der Waals surface area contributed by atoms with E-state index in [0.717, 1.165) is 18.4 Å². The minimum atomic E-state index is -3.58. The van der Waals surface area contributed by atoms with Gasteiger partial charge in [0, 0.05) is 6.42 Å². The lowest BCUT2D eigenvalue weighted by molar-refractivity contribution is -0.137. The van der Waals surface area contributed by atoms with E-state index in [0.29, 0.717) is 30.5 Å². The van der Waals surface area contributed by atoms with E-state index in [9.17, 15) is 17.6 Å². The van der Waals surface area contributed by atoms with E-state index in [4.69, 9.17) is 9.84 Å². The number of carboxylic acid groups (broad SMARTS) is 1. The number of unbranched alkanes of at least 4 members (excludes halogenated alkanes) is 1. The fourth-order valence-electron chi connectivity index (χ4n) is 3.72. The van der Waals surface area contributed by atoms with Gasteiger partial charge in [-0.25, -0.2) is 12.8 Å². The Hall–Kier alpha value is -2.19. The molecule has 2 heterocycles. The number of allylic oxidation sites excluding steroid dienone is 2. The number of nitrogens with one attached hydrogen (secondary N) is 1. The van der Waals surface area contributed by atoms with Crippen LogP contribution in [0.3, 0.4) is 0 Å². The number of hydrogen-bond donors (Lipinski definition) is 2. The smallest absolute Gasteiger partial charge is 0.303 e. The van der Waals surface area contributed by atoms with Crippen LogP contribution in [0.15, 0.2) is 47.7 Å². The molecular weight excluding hydrogens is 397 g/mol. The molecule has 2 N–H and O–H groups in total. The highest BCUT2D eigenvalue weighted by Crippen LogP contribution is 2.40. The summed E-state index contributed by atoms with van der Waals surface area (Å²) in [6.07, 6.45) is 7.45. The lowest BCUT2D eigenvalue weighted by Gasteiger charge is -2.18. The second kappa shape index (κ2) is 9.54. The van der Waals surface area contributed by atoms with Gasteiger partial charge in [0.25, 0.3) is 0 Å². The Kier molecular flexibility index (Phi) is 7.08.